The molecule has 71 heavy (non-hydrogen) atoms. The van der Waals surface area contributed by atoms with Crippen LogP contribution in [-0.4, -0.2) is 73.4 Å². The number of nitrogens with one attached hydrogen (secondary N) is 1. The summed E-state index contributed by atoms with van der Waals surface area (Å²) in [6.07, 6.45) is 69.6. The van der Waals surface area contributed by atoms with Crippen LogP contribution < -0.4 is 5.32 Å². The van der Waals surface area contributed by atoms with Crippen molar-refractivity contribution in [1.29, 1.82) is 0 Å². The van der Waals surface area contributed by atoms with Crippen molar-refractivity contribution in [3.05, 3.63) is 36.5 Å². The average molecular weight is 1020 g/mol. The van der Waals surface area contributed by atoms with Crippen molar-refractivity contribution in [2.24, 2.45) is 0 Å². The Labute approximate surface area is 442 Å². The van der Waals surface area contributed by atoms with Gasteiger partial charge in [-0.3, -0.25) is 13.8 Å². The molecule has 0 aromatic carbocycles. The topological polar surface area (TPSA) is 105 Å². The van der Waals surface area contributed by atoms with Crippen molar-refractivity contribution < 1.29 is 32.9 Å². The van der Waals surface area contributed by atoms with Crippen LogP contribution in [-0.2, 0) is 18.4 Å². The number of rotatable bonds is 57. The first kappa shape index (κ1) is 69.7. The van der Waals surface area contributed by atoms with Crippen molar-refractivity contribution in [3.63, 3.8) is 0 Å². The smallest absolute Gasteiger partial charge is 0.391 e. The number of hydrogen-bond acceptors (Lipinski definition) is 5. The molecule has 0 aliphatic rings. The third-order valence-electron chi connectivity index (χ3n) is 14.1. The molecule has 9 heteroatoms. The van der Waals surface area contributed by atoms with Crippen LogP contribution in [0.2, 0.25) is 0 Å². The number of quaternary nitrogens is 1. The Hall–Kier alpha value is -1.28. The molecule has 0 fully saturated rings. The van der Waals surface area contributed by atoms with Crippen LogP contribution in [0.4, 0.5) is 0 Å². The van der Waals surface area contributed by atoms with E-state index < -0.39 is 20.0 Å². The van der Waals surface area contributed by atoms with E-state index in [2.05, 4.69) is 55.6 Å². The fourth-order valence-corrected chi connectivity index (χ4v) is 10.0. The summed E-state index contributed by atoms with van der Waals surface area (Å²) in [6.45, 7) is 4.88. The summed E-state index contributed by atoms with van der Waals surface area (Å²) in [6, 6.07) is -0.756. The summed E-state index contributed by atoms with van der Waals surface area (Å²) >= 11 is 0. The number of nitrogens with zero attached hydrogens (tertiary/aromatic N) is 1. The second-order valence-corrected chi connectivity index (χ2v) is 23.9. The van der Waals surface area contributed by atoms with Crippen LogP contribution in [0.5, 0.6) is 0 Å². The van der Waals surface area contributed by atoms with Gasteiger partial charge in [0.1, 0.15) is 13.2 Å². The van der Waals surface area contributed by atoms with Crippen molar-refractivity contribution in [1.82, 2.24) is 5.32 Å². The summed E-state index contributed by atoms with van der Waals surface area (Å²) in [7, 11) is 1.63. The molecule has 3 atom stereocenters. The number of amides is 1. The quantitative estimate of drug-likeness (QED) is 0.0243. The van der Waals surface area contributed by atoms with Gasteiger partial charge in [0, 0.05) is 6.42 Å². The number of hydrogen-bond donors (Lipinski definition) is 3. The lowest BCUT2D eigenvalue weighted by atomic mass is 10.0. The van der Waals surface area contributed by atoms with Gasteiger partial charge in [0.2, 0.25) is 5.91 Å². The molecule has 0 radical (unpaired) electrons. The van der Waals surface area contributed by atoms with Crippen molar-refractivity contribution in [2.45, 2.75) is 315 Å². The van der Waals surface area contributed by atoms with Gasteiger partial charge in [0.05, 0.1) is 39.9 Å². The van der Waals surface area contributed by atoms with E-state index in [-0.39, 0.29) is 19.1 Å². The lowest BCUT2D eigenvalue weighted by Crippen LogP contribution is -2.46. The third-order valence-corrected chi connectivity index (χ3v) is 15.1. The molecular weight excluding hydrogens is 900 g/mol. The van der Waals surface area contributed by atoms with Gasteiger partial charge in [0.15, 0.2) is 0 Å². The molecule has 3 N–H and O–H groups in total. The zero-order valence-corrected chi connectivity index (χ0v) is 48.9. The zero-order chi connectivity index (χ0) is 52.0. The molecule has 3 unspecified atom stereocenters. The van der Waals surface area contributed by atoms with E-state index in [1.807, 2.05) is 21.1 Å². The number of carbonyl (C=O) groups is 1. The number of allylic oxidation sites excluding steroid dienone is 6. The minimum Gasteiger partial charge on any atom is -0.391 e. The maximum atomic E-state index is 13.0. The molecule has 0 rings (SSSR count). The van der Waals surface area contributed by atoms with Gasteiger partial charge >= 0.3 is 7.82 Å². The first-order valence-corrected chi connectivity index (χ1v) is 32.3. The van der Waals surface area contributed by atoms with Crippen LogP contribution in [0.3, 0.4) is 0 Å². The molecule has 1 amide bonds. The summed E-state index contributed by atoms with van der Waals surface area (Å²) in [5.41, 5.74) is 0. The SMILES string of the molecule is CCCCCCC/C=C\C/C=C\C/C=C\CCCCCCCCCCCCCCCCCCCCCCCCCCC(=O)NC(COP(=O)(O)OCC[N+](C)(C)C)C(O)CCCCCCCCCCCC. The molecular formula is C62H122N2O6P+. The summed E-state index contributed by atoms with van der Waals surface area (Å²) in [5, 5.41) is 14.0. The summed E-state index contributed by atoms with van der Waals surface area (Å²) in [4.78, 5) is 23.2. The van der Waals surface area contributed by atoms with E-state index in [1.165, 1.54) is 225 Å². The van der Waals surface area contributed by atoms with E-state index in [0.717, 1.165) is 51.4 Å². The average Bonchev–Trinajstić information content (AvgIpc) is 3.33. The maximum absolute atomic E-state index is 13.0. The Morgan fingerprint density at radius 1 is 0.479 bits per heavy atom. The highest BCUT2D eigenvalue weighted by Crippen LogP contribution is 2.43. The van der Waals surface area contributed by atoms with E-state index >= 15 is 0 Å². The van der Waals surface area contributed by atoms with Gasteiger partial charge in [-0.25, -0.2) is 4.57 Å². The second-order valence-electron chi connectivity index (χ2n) is 22.4. The Morgan fingerprint density at radius 2 is 0.803 bits per heavy atom. The van der Waals surface area contributed by atoms with Crippen LogP contribution in [0, 0.1) is 0 Å². The van der Waals surface area contributed by atoms with Crippen LogP contribution in [0.25, 0.3) is 0 Å². The fraction of sp³-hybridized carbons (Fsp3) is 0.887. The van der Waals surface area contributed by atoms with E-state index in [0.29, 0.717) is 23.9 Å². The van der Waals surface area contributed by atoms with E-state index in [9.17, 15) is 19.4 Å². The van der Waals surface area contributed by atoms with Crippen molar-refractivity contribution in [2.75, 3.05) is 40.9 Å². The summed E-state index contributed by atoms with van der Waals surface area (Å²) in [5.74, 6) is -0.141. The van der Waals surface area contributed by atoms with Gasteiger partial charge < -0.3 is 19.8 Å². The molecule has 0 spiro atoms. The molecule has 0 saturated heterocycles. The van der Waals surface area contributed by atoms with Gasteiger partial charge in [0.25, 0.3) is 0 Å². The Kier molecular flexibility index (Phi) is 52.6. The predicted molar refractivity (Wildman–Crippen MR) is 309 cm³/mol. The number of phosphoric acid groups is 1. The molecule has 0 aliphatic carbocycles. The molecule has 0 bridgehead atoms. The molecule has 0 aromatic rings. The number of aliphatic hydroxyl groups excluding tert-OH is 1. The highest BCUT2D eigenvalue weighted by molar-refractivity contribution is 7.47. The van der Waals surface area contributed by atoms with Crippen molar-refractivity contribution in [3.8, 4) is 0 Å². The number of likely N-dealkylation sites (N-methyl/N-ethyl adjacent to an activating group) is 1. The highest BCUT2D eigenvalue weighted by atomic mass is 31.2. The molecule has 420 valence electrons. The molecule has 0 saturated carbocycles. The number of carbonyl (C=O) groups excluding carboxylic acids is 1. The zero-order valence-electron chi connectivity index (χ0n) is 48.0. The van der Waals surface area contributed by atoms with Gasteiger partial charge in [-0.2, -0.15) is 0 Å². The second kappa shape index (κ2) is 53.5. The van der Waals surface area contributed by atoms with Crippen molar-refractivity contribution >= 4 is 13.7 Å². The predicted octanol–water partition coefficient (Wildman–Crippen LogP) is 18.9. The minimum atomic E-state index is -4.31. The number of phosphoric ester groups is 1. The third kappa shape index (κ3) is 56.3. The first-order chi connectivity index (χ1) is 34.5. The largest absolute Gasteiger partial charge is 0.472 e. The lowest BCUT2D eigenvalue weighted by molar-refractivity contribution is -0.870. The highest BCUT2D eigenvalue weighted by Gasteiger charge is 2.28. The number of unbranched alkanes of at least 4 members (excludes halogenated alkanes) is 38. The molecule has 8 nitrogen and oxygen atoms in total. The normalized spacial score (nSPS) is 14.1. The Morgan fingerprint density at radius 3 is 1.17 bits per heavy atom. The summed E-state index contributed by atoms with van der Waals surface area (Å²) < 4.78 is 23.7. The Balaban J connectivity index is 3.80. The van der Waals surface area contributed by atoms with Gasteiger partial charge in [-0.15, -0.1) is 0 Å². The lowest BCUT2D eigenvalue weighted by Gasteiger charge is -2.26. The standard InChI is InChI=1S/C62H121N2O6P/c1-6-8-10-12-14-16-18-19-20-21-22-23-24-25-26-27-28-29-30-31-32-33-34-35-36-37-38-39-40-41-42-43-44-45-46-48-50-52-54-56-62(66)63-60(59-70-71(67,68)69-58-57-64(3,4)5)61(65)55-53-51-49-47-17-15-13-11-9-7-2/h18-19,21-22,24-25,60-61,65H,6-17,20,23,26-59H2,1-5H3,(H-,63,66,67,68)/p+1/b19-18-,22-21-,25-24-. The van der Waals surface area contributed by atoms with Crippen LogP contribution in [0.1, 0.15) is 303 Å². The van der Waals surface area contributed by atoms with Gasteiger partial charge in [-0.1, -0.05) is 281 Å². The van der Waals surface area contributed by atoms with Crippen LogP contribution in [0.15, 0.2) is 36.5 Å². The fourth-order valence-electron chi connectivity index (χ4n) is 9.29. The molecule has 0 aromatic heterocycles. The maximum Gasteiger partial charge on any atom is 0.472 e. The molecule has 0 aliphatic heterocycles. The Bertz CT molecular complexity index is 1250. The van der Waals surface area contributed by atoms with E-state index in [1.54, 1.807) is 0 Å². The van der Waals surface area contributed by atoms with Gasteiger partial charge in [-0.05, 0) is 51.4 Å². The first-order valence-electron chi connectivity index (χ1n) is 30.9. The number of aliphatic hydroxyl groups is 1. The molecule has 0 heterocycles. The minimum absolute atomic E-state index is 0.0766. The van der Waals surface area contributed by atoms with Crippen LogP contribution >= 0.6 is 7.82 Å². The monoisotopic (exact) mass is 1020 g/mol. The van der Waals surface area contributed by atoms with E-state index in [4.69, 9.17) is 9.05 Å².